The minimum absolute atomic E-state index is 0.140. The highest BCUT2D eigenvalue weighted by Crippen LogP contribution is 2.38. The topological polar surface area (TPSA) is 61.0 Å². The Morgan fingerprint density at radius 3 is 1.15 bits per heavy atom. The first-order chi connectivity index (χ1) is 24.8. The molecule has 4 aromatic carbocycles. The molecule has 2 aliphatic heterocycles. The normalized spacial score (nSPS) is 16.9. The Bertz CT molecular complexity index is 1640. The van der Waals surface area contributed by atoms with E-state index < -0.39 is 23.5 Å². The Hall–Kier alpha value is -4.42. The maximum atomic E-state index is 12.7. The van der Waals surface area contributed by atoms with Crippen molar-refractivity contribution in [1.29, 1.82) is 0 Å². The van der Waals surface area contributed by atoms with Crippen LogP contribution in [-0.2, 0) is 38.0 Å². The fourth-order valence-electron chi connectivity index (χ4n) is 6.80. The Morgan fingerprint density at radius 2 is 0.846 bits per heavy atom. The summed E-state index contributed by atoms with van der Waals surface area (Å²) in [5.41, 5.74) is 5.34. The third kappa shape index (κ3) is 9.51. The van der Waals surface area contributed by atoms with Crippen LogP contribution in [0.15, 0.2) is 72.8 Å². The van der Waals surface area contributed by atoms with Gasteiger partial charge in [0, 0.05) is 12.1 Å². The lowest BCUT2D eigenvalue weighted by Crippen LogP contribution is -2.30. The molecule has 0 saturated carbocycles. The summed E-state index contributed by atoms with van der Waals surface area (Å²) >= 11 is 0. The Balaban J connectivity index is 0.000000201. The van der Waals surface area contributed by atoms with Gasteiger partial charge in [-0.3, -0.25) is 0 Å². The van der Waals surface area contributed by atoms with Crippen LogP contribution in [0.3, 0.4) is 0 Å². The van der Waals surface area contributed by atoms with Crippen LogP contribution in [0, 0.1) is 0 Å². The van der Waals surface area contributed by atoms with E-state index in [0.717, 1.165) is 85.7 Å². The third-order valence-electron chi connectivity index (χ3n) is 9.62. The first kappa shape index (κ1) is 38.8. The smallest absolute Gasteiger partial charge is 0.416 e. The van der Waals surface area contributed by atoms with E-state index in [1.54, 1.807) is 52.7 Å². The van der Waals surface area contributed by atoms with Gasteiger partial charge in [0.05, 0.1) is 39.6 Å². The molecule has 0 aliphatic carbocycles. The average molecular weight is 731 g/mol. The summed E-state index contributed by atoms with van der Waals surface area (Å²) in [5.74, 6) is 2.81. The number of hydrogen-bond donors (Lipinski definition) is 2. The highest BCUT2D eigenvalue weighted by atomic mass is 19.4. The van der Waals surface area contributed by atoms with Gasteiger partial charge < -0.3 is 29.6 Å². The molecule has 0 aromatic heterocycles. The maximum Gasteiger partial charge on any atom is 0.416 e. The summed E-state index contributed by atoms with van der Waals surface area (Å²) in [4.78, 5) is 0. The molecule has 0 saturated heterocycles. The van der Waals surface area contributed by atoms with Gasteiger partial charge in [-0.05, 0) is 134 Å². The van der Waals surface area contributed by atoms with E-state index in [-0.39, 0.29) is 12.1 Å². The number of fused-ring (bicyclic) bond motifs is 2. The number of nitrogens with one attached hydrogen (secondary N) is 2. The van der Waals surface area contributed by atoms with Crippen LogP contribution in [0.25, 0.3) is 0 Å². The van der Waals surface area contributed by atoms with Crippen LogP contribution in [0.2, 0.25) is 0 Å². The first-order valence-corrected chi connectivity index (χ1v) is 17.1. The summed E-state index contributed by atoms with van der Waals surface area (Å²) in [6.45, 7) is 1.72. The molecule has 52 heavy (non-hydrogen) atoms. The fraction of sp³-hybridized carbons (Fsp3) is 0.400. The second-order valence-corrected chi connectivity index (χ2v) is 12.8. The number of aryl methyl sites for hydroxylation is 2. The number of ether oxygens (including phenoxy) is 4. The van der Waals surface area contributed by atoms with Crippen molar-refractivity contribution in [3.63, 3.8) is 0 Å². The fourth-order valence-corrected chi connectivity index (χ4v) is 6.80. The van der Waals surface area contributed by atoms with Gasteiger partial charge in [0.25, 0.3) is 0 Å². The average Bonchev–Trinajstić information content (AvgIpc) is 3.14. The maximum absolute atomic E-state index is 12.7. The quantitative estimate of drug-likeness (QED) is 0.159. The molecule has 6 nitrogen and oxygen atoms in total. The van der Waals surface area contributed by atoms with Crippen LogP contribution in [0.1, 0.15) is 69.4 Å². The molecule has 2 atom stereocenters. The van der Waals surface area contributed by atoms with Crippen molar-refractivity contribution in [3.05, 3.63) is 117 Å². The molecule has 4 aromatic rings. The van der Waals surface area contributed by atoms with Crippen LogP contribution < -0.4 is 29.6 Å². The Morgan fingerprint density at radius 1 is 0.519 bits per heavy atom. The molecule has 0 unspecified atom stereocenters. The van der Waals surface area contributed by atoms with Crippen molar-refractivity contribution >= 4 is 0 Å². The zero-order valence-corrected chi connectivity index (χ0v) is 29.6. The highest BCUT2D eigenvalue weighted by Gasteiger charge is 2.31. The van der Waals surface area contributed by atoms with Crippen molar-refractivity contribution in [3.8, 4) is 23.0 Å². The van der Waals surface area contributed by atoms with Gasteiger partial charge in [0.15, 0.2) is 23.0 Å². The van der Waals surface area contributed by atoms with Crippen molar-refractivity contribution in [2.45, 2.75) is 63.0 Å². The number of alkyl halides is 6. The minimum atomic E-state index is -4.29. The molecule has 0 spiro atoms. The standard InChI is InChI=1S/2C20H22F3NO2/c2*1-25-18-11-14-9-10-24-17(16(14)12-19(18)26-2)8-5-13-3-6-15(7-4-13)20(21,22)23/h2*3-4,6-7,11-12,17,24H,5,8-10H2,1-2H3/t2*17-/m00/s1. The van der Waals surface area contributed by atoms with E-state index in [9.17, 15) is 26.3 Å². The molecule has 12 heteroatoms. The van der Waals surface area contributed by atoms with Gasteiger partial charge in [-0.15, -0.1) is 0 Å². The molecular formula is C40H44F6N2O4. The Kier molecular flexibility index (Phi) is 12.6. The largest absolute Gasteiger partial charge is 0.493 e. The van der Waals surface area contributed by atoms with Gasteiger partial charge in [-0.1, -0.05) is 24.3 Å². The van der Waals surface area contributed by atoms with E-state index in [2.05, 4.69) is 10.6 Å². The van der Waals surface area contributed by atoms with Crippen molar-refractivity contribution in [2.75, 3.05) is 41.5 Å². The van der Waals surface area contributed by atoms with E-state index in [0.29, 0.717) is 24.3 Å². The van der Waals surface area contributed by atoms with Crippen LogP contribution in [-0.4, -0.2) is 41.5 Å². The van der Waals surface area contributed by atoms with Gasteiger partial charge in [-0.25, -0.2) is 0 Å². The summed E-state index contributed by atoms with van der Waals surface area (Å²) < 4.78 is 97.5. The predicted molar refractivity (Wildman–Crippen MR) is 188 cm³/mol. The molecule has 2 aliphatic rings. The minimum Gasteiger partial charge on any atom is -0.493 e. The summed E-state index contributed by atoms with van der Waals surface area (Å²) in [5, 5.41) is 6.99. The van der Waals surface area contributed by atoms with Crippen molar-refractivity contribution in [1.82, 2.24) is 10.6 Å². The molecule has 0 bridgehead atoms. The molecule has 6 rings (SSSR count). The van der Waals surface area contributed by atoms with Crippen molar-refractivity contribution < 1.29 is 45.3 Å². The van der Waals surface area contributed by atoms with E-state index in [4.69, 9.17) is 18.9 Å². The van der Waals surface area contributed by atoms with Gasteiger partial charge in [-0.2, -0.15) is 26.3 Å². The molecule has 280 valence electrons. The lowest BCUT2D eigenvalue weighted by Gasteiger charge is -2.28. The second kappa shape index (κ2) is 16.9. The first-order valence-electron chi connectivity index (χ1n) is 17.1. The number of halogens is 6. The molecule has 0 fully saturated rings. The van der Waals surface area contributed by atoms with Gasteiger partial charge in [0.2, 0.25) is 0 Å². The van der Waals surface area contributed by atoms with Crippen LogP contribution >= 0.6 is 0 Å². The third-order valence-corrected chi connectivity index (χ3v) is 9.62. The van der Waals surface area contributed by atoms with E-state index in [1.165, 1.54) is 22.3 Å². The zero-order chi connectivity index (χ0) is 37.5. The monoisotopic (exact) mass is 730 g/mol. The summed E-state index contributed by atoms with van der Waals surface area (Å²) in [7, 11) is 6.45. The van der Waals surface area contributed by atoms with Crippen LogP contribution in [0.4, 0.5) is 26.3 Å². The van der Waals surface area contributed by atoms with Crippen LogP contribution in [0.5, 0.6) is 23.0 Å². The number of rotatable bonds is 10. The number of hydrogen-bond acceptors (Lipinski definition) is 6. The SMILES string of the molecule is COc1cc2c(cc1OC)[C@H](CCc1ccc(C(F)(F)F)cc1)NCC2.COc1cc2c(cc1OC)[C@H](CCc1ccc(C(F)(F)F)cc1)NCC2. The predicted octanol–water partition coefficient (Wildman–Crippen LogP) is 9.08. The van der Waals surface area contributed by atoms with E-state index in [1.807, 2.05) is 24.3 Å². The number of methoxy groups -OCH3 is 4. The van der Waals surface area contributed by atoms with Gasteiger partial charge in [0.1, 0.15) is 0 Å². The van der Waals surface area contributed by atoms with Crippen molar-refractivity contribution in [2.24, 2.45) is 0 Å². The molecule has 0 radical (unpaired) electrons. The zero-order valence-electron chi connectivity index (χ0n) is 29.6. The number of benzene rings is 4. The summed E-state index contributed by atoms with van der Waals surface area (Å²) in [6, 6.07) is 19.1. The molecular weight excluding hydrogens is 686 g/mol. The van der Waals surface area contributed by atoms with Gasteiger partial charge >= 0.3 is 12.4 Å². The lowest BCUT2D eigenvalue weighted by molar-refractivity contribution is -0.138. The molecule has 0 amide bonds. The summed E-state index contributed by atoms with van der Waals surface area (Å²) in [6.07, 6.45) is -3.77. The van der Waals surface area contributed by atoms with E-state index >= 15 is 0 Å². The lowest BCUT2D eigenvalue weighted by atomic mass is 9.90. The highest BCUT2D eigenvalue weighted by molar-refractivity contribution is 5.50. The second-order valence-electron chi connectivity index (χ2n) is 12.8. The molecule has 2 heterocycles. The molecule has 2 N–H and O–H groups in total. The Labute approximate surface area is 300 Å².